The first-order valence-electron chi connectivity index (χ1n) is 13.5. The Labute approximate surface area is 236 Å². The van der Waals surface area contributed by atoms with E-state index >= 15 is 0 Å². The maximum atomic E-state index is 13.8. The maximum absolute atomic E-state index is 13.8. The van der Waals surface area contributed by atoms with Gasteiger partial charge in [0.2, 0.25) is 0 Å². The summed E-state index contributed by atoms with van der Waals surface area (Å²) in [6.07, 6.45) is 12.0. The van der Waals surface area contributed by atoms with Gasteiger partial charge in [-0.1, -0.05) is 56.2 Å². The van der Waals surface area contributed by atoms with Crippen LogP contribution in [0, 0.1) is 0 Å². The van der Waals surface area contributed by atoms with Gasteiger partial charge in [-0.25, -0.2) is 0 Å². The number of ether oxygens (including phenoxy) is 2. The molecule has 2 aromatic carbocycles. The average Bonchev–Trinajstić information content (AvgIpc) is 3.65. The summed E-state index contributed by atoms with van der Waals surface area (Å²) in [7, 11) is 1.70. The number of nitrogens with one attached hydrogen (secondary N) is 1. The third-order valence-corrected chi connectivity index (χ3v) is 7.30. The van der Waals surface area contributed by atoms with Crippen LogP contribution in [0.15, 0.2) is 103 Å². The van der Waals surface area contributed by atoms with Crippen molar-refractivity contribution in [2.24, 2.45) is 4.99 Å². The molecule has 40 heavy (non-hydrogen) atoms. The molecule has 0 saturated heterocycles. The van der Waals surface area contributed by atoms with E-state index in [1.807, 2.05) is 42.5 Å². The van der Waals surface area contributed by atoms with E-state index in [0.717, 1.165) is 47.3 Å². The molecule has 0 aromatic heterocycles. The largest absolute Gasteiger partial charge is 0.494 e. The molecule has 4 bridgehead atoms. The van der Waals surface area contributed by atoms with Crippen LogP contribution in [-0.2, 0) is 9.59 Å². The Morgan fingerprint density at radius 3 is 2.40 bits per heavy atom. The van der Waals surface area contributed by atoms with Crippen molar-refractivity contribution in [3.05, 3.63) is 114 Å². The number of benzene rings is 2. The molecule has 2 unspecified atom stereocenters. The summed E-state index contributed by atoms with van der Waals surface area (Å²) >= 11 is 0. The van der Waals surface area contributed by atoms with Crippen LogP contribution in [0.5, 0.6) is 11.5 Å². The number of carbonyl (C=O) groups excluding carboxylic acids is 2. The zero-order chi connectivity index (χ0) is 28.5. The molecule has 1 N–H and O–H groups in total. The maximum Gasteiger partial charge on any atom is 0.252 e. The number of allylic oxidation sites excluding steroid dienone is 5. The normalized spacial score (nSPS) is 22.9. The number of aldehydes is 1. The van der Waals surface area contributed by atoms with Crippen LogP contribution >= 0.6 is 0 Å². The highest BCUT2D eigenvalue weighted by atomic mass is 16.5. The first kappa shape index (κ1) is 28.6. The van der Waals surface area contributed by atoms with Gasteiger partial charge in [0.15, 0.2) is 0 Å². The number of aliphatic imine (C=N–C) groups is 1. The molecule has 0 spiro atoms. The number of hydrogen-bond acceptors (Lipinski definition) is 5. The Hall–Kier alpha value is -4.45. The molecule has 6 heteroatoms. The van der Waals surface area contributed by atoms with E-state index < -0.39 is 5.54 Å². The summed E-state index contributed by atoms with van der Waals surface area (Å²) in [5, 5.41) is 3.17. The Kier molecular flexibility index (Phi) is 9.33. The lowest BCUT2D eigenvalue weighted by Gasteiger charge is -2.21. The van der Waals surface area contributed by atoms with Crippen LogP contribution in [0.1, 0.15) is 48.3 Å². The summed E-state index contributed by atoms with van der Waals surface area (Å²) in [5.41, 5.74) is 3.40. The second-order valence-corrected chi connectivity index (χ2v) is 10.0. The van der Waals surface area contributed by atoms with Gasteiger partial charge in [0.1, 0.15) is 17.8 Å². The molecule has 1 aliphatic carbocycles. The van der Waals surface area contributed by atoms with E-state index in [1.54, 1.807) is 37.6 Å². The molecule has 2 aromatic rings. The van der Waals surface area contributed by atoms with E-state index in [4.69, 9.17) is 9.47 Å². The van der Waals surface area contributed by atoms with Crippen molar-refractivity contribution >= 4 is 24.0 Å². The van der Waals surface area contributed by atoms with Crippen LogP contribution in [0.2, 0.25) is 0 Å². The van der Waals surface area contributed by atoms with Gasteiger partial charge in [-0.15, -0.1) is 0 Å². The summed E-state index contributed by atoms with van der Waals surface area (Å²) in [4.78, 5) is 29.7. The summed E-state index contributed by atoms with van der Waals surface area (Å²) in [5.74, 6) is 1.20. The minimum Gasteiger partial charge on any atom is -0.494 e. The van der Waals surface area contributed by atoms with Crippen LogP contribution in [-0.4, -0.2) is 44.2 Å². The van der Waals surface area contributed by atoms with Crippen molar-refractivity contribution in [2.45, 2.75) is 37.1 Å². The van der Waals surface area contributed by atoms with E-state index in [1.165, 1.54) is 0 Å². The van der Waals surface area contributed by atoms with E-state index in [-0.39, 0.29) is 18.2 Å². The molecule has 4 aliphatic heterocycles. The zero-order valence-corrected chi connectivity index (χ0v) is 23.0. The van der Waals surface area contributed by atoms with Gasteiger partial charge in [-0.05, 0) is 71.9 Å². The fourth-order valence-electron chi connectivity index (χ4n) is 5.00. The monoisotopic (exact) mass is 536 g/mol. The fraction of sp³-hybridized carbons (Fsp3) is 0.265. The quantitative estimate of drug-likeness (QED) is 0.215. The molecule has 1 fully saturated rings. The van der Waals surface area contributed by atoms with Crippen molar-refractivity contribution in [3.8, 4) is 11.5 Å². The lowest BCUT2D eigenvalue weighted by Crippen LogP contribution is -2.39. The molecule has 4 heterocycles. The Morgan fingerprint density at radius 2 is 1.73 bits per heavy atom. The lowest BCUT2D eigenvalue weighted by atomic mass is 9.90. The van der Waals surface area contributed by atoms with Crippen molar-refractivity contribution in [1.82, 2.24) is 5.32 Å². The topological polar surface area (TPSA) is 77.0 Å². The Morgan fingerprint density at radius 1 is 1.02 bits per heavy atom. The van der Waals surface area contributed by atoms with Gasteiger partial charge >= 0.3 is 0 Å². The van der Waals surface area contributed by atoms with Crippen LogP contribution in [0.3, 0.4) is 0 Å². The minimum absolute atomic E-state index is 0.0169. The average molecular weight is 537 g/mol. The third-order valence-electron chi connectivity index (χ3n) is 7.30. The minimum atomic E-state index is -0.665. The molecule has 1 amide bonds. The first-order chi connectivity index (χ1) is 19.4. The Bertz CT molecular complexity index is 1380. The van der Waals surface area contributed by atoms with Crippen molar-refractivity contribution in [3.63, 3.8) is 0 Å². The van der Waals surface area contributed by atoms with E-state index in [9.17, 15) is 9.59 Å². The number of carbonyl (C=O) groups is 2. The van der Waals surface area contributed by atoms with Gasteiger partial charge in [-0.3, -0.25) is 9.79 Å². The number of rotatable bonds is 5. The van der Waals surface area contributed by atoms with Crippen molar-refractivity contribution in [1.29, 1.82) is 0 Å². The van der Waals surface area contributed by atoms with Gasteiger partial charge in [0.05, 0.1) is 18.8 Å². The third kappa shape index (κ3) is 6.57. The highest BCUT2D eigenvalue weighted by Gasteiger charge is 2.55. The van der Waals surface area contributed by atoms with E-state index in [2.05, 4.69) is 30.0 Å². The summed E-state index contributed by atoms with van der Waals surface area (Å²) < 4.78 is 11.9. The van der Waals surface area contributed by atoms with Gasteiger partial charge in [0, 0.05) is 36.7 Å². The number of amides is 1. The molecule has 5 aliphatic rings. The van der Waals surface area contributed by atoms with Gasteiger partial charge in [-0.2, -0.15) is 0 Å². The lowest BCUT2D eigenvalue weighted by molar-refractivity contribution is -0.118. The van der Waals surface area contributed by atoms with Crippen molar-refractivity contribution < 1.29 is 19.1 Å². The number of hydrogen-bond donors (Lipinski definition) is 1. The molecule has 6 nitrogen and oxygen atoms in total. The first-order valence-corrected chi connectivity index (χ1v) is 13.5. The summed E-state index contributed by atoms with van der Waals surface area (Å²) in [6, 6.07) is 13.6. The predicted octanol–water partition coefficient (Wildman–Crippen LogP) is 6.16. The van der Waals surface area contributed by atoms with Crippen LogP contribution in [0.4, 0.5) is 0 Å². The summed E-state index contributed by atoms with van der Waals surface area (Å²) in [6.45, 7) is 13.4. The molecule has 2 atom stereocenters. The fourth-order valence-corrected chi connectivity index (χ4v) is 5.00. The molecule has 0 radical (unpaired) electrons. The smallest absolute Gasteiger partial charge is 0.252 e. The second kappa shape index (κ2) is 13.1. The van der Waals surface area contributed by atoms with Gasteiger partial charge < -0.3 is 19.6 Å². The molecular formula is C34H36N2O4. The standard InChI is InChI=1S/C34H36N2O4/c1-5-6-7-10-31-25(3)24(2)30-16-15-29(21-27(30)23-35-4)40-20-9-8-19-39-28-13-11-26(12-14-28)32-22-34(32,17-18-37)36-33(31)38/h5-7,10-16,18,21,23,32H,1-3,8-9,17,19-20,22H2,4H3,(H,36,38)/b7-6-,31-10+,35-23?. The zero-order valence-electron chi connectivity index (χ0n) is 23.0. The van der Waals surface area contributed by atoms with Crippen LogP contribution < -0.4 is 14.8 Å². The van der Waals surface area contributed by atoms with Crippen molar-refractivity contribution in [2.75, 3.05) is 20.3 Å². The molecular weight excluding hydrogens is 500 g/mol. The predicted molar refractivity (Wildman–Crippen MR) is 161 cm³/mol. The highest BCUT2D eigenvalue weighted by Crippen LogP contribution is 2.53. The number of nitrogens with zero attached hydrogens (tertiary/aromatic N) is 1. The van der Waals surface area contributed by atoms with Gasteiger partial charge in [0.25, 0.3) is 5.91 Å². The van der Waals surface area contributed by atoms with Crippen LogP contribution in [0.25, 0.3) is 5.57 Å². The SMILES string of the molecule is C=C/C=C\C=C1/C(=C)C(=C)c2ccc(cc2C=NC)OCCCCOc2ccc(cc2)C2CC2(CC=O)NC1=O. The molecule has 7 rings (SSSR count). The molecule has 206 valence electrons. The van der Waals surface area contributed by atoms with E-state index in [0.29, 0.717) is 36.4 Å². The molecule has 1 saturated carbocycles. The Balaban J connectivity index is 1.73. The second-order valence-electron chi connectivity index (χ2n) is 10.0. The highest BCUT2D eigenvalue weighted by molar-refractivity contribution is 6.06.